The second-order valence-corrected chi connectivity index (χ2v) is 6.36. The fraction of sp³-hybridized carbons (Fsp3) is 0.647. The number of hydrogen-bond acceptors (Lipinski definition) is 3. The van der Waals surface area contributed by atoms with Gasteiger partial charge in [-0.2, -0.15) is 0 Å². The molecule has 0 amide bonds. The Morgan fingerprint density at radius 2 is 2.14 bits per heavy atom. The lowest BCUT2D eigenvalue weighted by atomic mass is 9.87. The van der Waals surface area contributed by atoms with E-state index in [1.807, 2.05) is 12.1 Å². The molecule has 0 spiro atoms. The summed E-state index contributed by atoms with van der Waals surface area (Å²) >= 11 is 0. The molecule has 116 valence electrons. The van der Waals surface area contributed by atoms with Crippen molar-refractivity contribution in [2.75, 3.05) is 26.4 Å². The topological polar surface area (TPSA) is 30.5 Å². The summed E-state index contributed by atoms with van der Waals surface area (Å²) in [6, 6.07) is 8.34. The lowest BCUT2D eigenvalue weighted by Gasteiger charge is -2.34. The van der Waals surface area contributed by atoms with Crippen LogP contribution in [0.15, 0.2) is 24.3 Å². The van der Waals surface area contributed by atoms with Gasteiger partial charge in [0.1, 0.15) is 5.67 Å². The van der Waals surface area contributed by atoms with Gasteiger partial charge in [0, 0.05) is 19.0 Å². The first kappa shape index (κ1) is 14.9. The summed E-state index contributed by atoms with van der Waals surface area (Å²) in [6.45, 7) is 4.50. The maximum Gasteiger partial charge on any atom is 0.112 e. The number of ether oxygens (including phenoxy) is 2. The molecule has 3 rings (SSSR count). The van der Waals surface area contributed by atoms with Gasteiger partial charge >= 0.3 is 0 Å². The number of alkyl halides is 1. The highest BCUT2D eigenvalue weighted by molar-refractivity contribution is 5.31. The van der Waals surface area contributed by atoms with E-state index in [0.29, 0.717) is 26.1 Å². The second kappa shape index (κ2) is 6.42. The van der Waals surface area contributed by atoms with Crippen LogP contribution in [0.3, 0.4) is 0 Å². The molecule has 4 heteroatoms. The molecule has 2 aliphatic rings. The number of hydrogen-bond donors (Lipinski definition) is 1. The van der Waals surface area contributed by atoms with E-state index in [1.165, 1.54) is 5.56 Å². The van der Waals surface area contributed by atoms with Gasteiger partial charge in [-0.15, -0.1) is 0 Å². The summed E-state index contributed by atoms with van der Waals surface area (Å²) in [7, 11) is 0. The van der Waals surface area contributed by atoms with Crippen molar-refractivity contribution in [1.82, 2.24) is 5.32 Å². The Hall–Kier alpha value is -0.970. The molecule has 1 N–H and O–H groups in total. The average Bonchev–Trinajstić information content (AvgIpc) is 2.48. The zero-order valence-electron chi connectivity index (χ0n) is 12.6. The van der Waals surface area contributed by atoms with Crippen molar-refractivity contribution in [2.24, 2.45) is 0 Å². The molecule has 1 aromatic carbocycles. The Balaban J connectivity index is 1.65. The van der Waals surface area contributed by atoms with Crippen LogP contribution in [-0.4, -0.2) is 38.1 Å². The highest BCUT2D eigenvalue weighted by Gasteiger charge is 2.34. The highest BCUT2D eigenvalue weighted by atomic mass is 19.1. The Bertz CT molecular complexity index is 472. The lowest BCUT2D eigenvalue weighted by Crippen LogP contribution is -2.45. The standard InChI is InChI=1S/C17H24FNO2/c1-17(18,10-14-12-20-9-7-19-14)11-16-15-5-3-2-4-13(15)6-8-21-16/h2-5,14,16,19H,6-12H2,1H3. The minimum absolute atomic E-state index is 0.104. The third kappa shape index (κ3) is 3.82. The molecule has 1 saturated heterocycles. The predicted molar refractivity (Wildman–Crippen MR) is 80.2 cm³/mol. The molecule has 0 aromatic heterocycles. The SMILES string of the molecule is CC(F)(CC1COCCN1)CC1OCCc2ccccc21. The monoisotopic (exact) mass is 293 g/mol. The Morgan fingerprint density at radius 3 is 2.95 bits per heavy atom. The minimum Gasteiger partial charge on any atom is -0.379 e. The molecule has 3 nitrogen and oxygen atoms in total. The zero-order valence-corrected chi connectivity index (χ0v) is 12.6. The van der Waals surface area contributed by atoms with Crippen LogP contribution in [0.2, 0.25) is 0 Å². The molecule has 21 heavy (non-hydrogen) atoms. The van der Waals surface area contributed by atoms with Crippen molar-refractivity contribution in [3.05, 3.63) is 35.4 Å². The summed E-state index contributed by atoms with van der Waals surface area (Å²) in [5.41, 5.74) is 1.19. The molecular formula is C17H24FNO2. The van der Waals surface area contributed by atoms with Crippen LogP contribution in [0.25, 0.3) is 0 Å². The summed E-state index contributed by atoms with van der Waals surface area (Å²) in [5, 5.41) is 3.33. The summed E-state index contributed by atoms with van der Waals surface area (Å²) in [6.07, 6.45) is 1.67. The predicted octanol–water partition coefficient (Wildman–Crippen LogP) is 2.80. The van der Waals surface area contributed by atoms with Crippen molar-refractivity contribution in [3.8, 4) is 0 Å². The number of nitrogens with one attached hydrogen (secondary N) is 1. The van der Waals surface area contributed by atoms with E-state index < -0.39 is 5.67 Å². The van der Waals surface area contributed by atoms with Crippen LogP contribution in [-0.2, 0) is 15.9 Å². The van der Waals surface area contributed by atoms with Crippen LogP contribution in [0.4, 0.5) is 4.39 Å². The molecule has 3 atom stereocenters. The number of morpholine rings is 1. The van der Waals surface area contributed by atoms with E-state index in [0.717, 1.165) is 25.1 Å². The van der Waals surface area contributed by atoms with E-state index in [2.05, 4.69) is 17.4 Å². The summed E-state index contributed by atoms with van der Waals surface area (Å²) in [4.78, 5) is 0. The van der Waals surface area contributed by atoms with Crippen LogP contribution < -0.4 is 5.32 Å². The second-order valence-electron chi connectivity index (χ2n) is 6.36. The van der Waals surface area contributed by atoms with Gasteiger partial charge in [0.25, 0.3) is 0 Å². The third-order valence-electron chi connectivity index (χ3n) is 4.37. The van der Waals surface area contributed by atoms with E-state index in [-0.39, 0.29) is 12.1 Å². The molecule has 2 heterocycles. The van der Waals surface area contributed by atoms with Crippen LogP contribution in [0.1, 0.15) is 37.0 Å². The number of benzene rings is 1. The summed E-state index contributed by atoms with van der Waals surface area (Å²) < 4.78 is 26.2. The van der Waals surface area contributed by atoms with Crippen molar-refractivity contribution in [3.63, 3.8) is 0 Å². The fourth-order valence-corrected chi connectivity index (χ4v) is 3.38. The molecule has 1 aromatic rings. The van der Waals surface area contributed by atoms with Gasteiger partial charge in [0.2, 0.25) is 0 Å². The van der Waals surface area contributed by atoms with Gasteiger partial charge in [-0.3, -0.25) is 0 Å². The van der Waals surface area contributed by atoms with Crippen LogP contribution >= 0.6 is 0 Å². The number of rotatable bonds is 4. The van der Waals surface area contributed by atoms with Gasteiger partial charge < -0.3 is 14.8 Å². The number of halogens is 1. The van der Waals surface area contributed by atoms with Crippen LogP contribution in [0.5, 0.6) is 0 Å². The van der Waals surface area contributed by atoms with E-state index in [9.17, 15) is 4.39 Å². The molecule has 2 aliphatic heterocycles. The molecule has 0 saturated carbocycles. The van der Waals surface area contributed by atoms with Gasteiger partial charge in [-0.25, -0.2) is 4.39 Å². The first-order valence-electron chi connectivity index (χ1n) is 7.83. The van der Waals surface area contributed by atoms with Crippen molar-refractivity contribution in [2.45, 2.75) is 44.0 Å². The molecule has 0 aliphatic carbocycles. The van der Waals surface area contributed by atoms with Crippen molar-refractivity contribution < 1.29 is 13.9 Å². The van der Waals surface area contributed by atoms with Gasteiger partial charge in [0.05, 0.1) is 25.9 Å². The van der Waals surface area contributed by atoms with Crippen molar-refractivity contribution in [1.29, 1.82) is 0 Å². The first-order valence-corrected chi connectivity index (χ1v) is 7.83. The third-order valence-corrected chi connectivity index (χ3v) is 4.37. The zero-order chi connectivity index (χ0) is 14.7. The van der Waals surface area contributed by atoms with E-state index >= 15 is 0 Å². The quantitative estimate of drug-likeness (QED) is 0.926. The Labute approximate surface area is 125 Å². The Kier molecular flexibility index (Phi) is 4.57. The summed E-state index contributed by atoms with van der Waals surface area (Å²) in [5.74, 6) is 0. The average molecular weight is 293 g/mol. The maximum absolute atomic E-state index is 15.0. The van der Waals surface area contributed by atoms with Crippen molar-refractivity contribution >= 4 is 0 Å². The lowest BCUT2D eigenvalue weighted by molar-refractivity contribution is -0.0155. The normalized spacial score (nSPS) is 28.7. The molecule has 3 unspecified atom stereocenters. The molecule has 1 fully saturated rings. The molecule has 0 bridgehead atoms. The highest BCUT2D eigenvalue weighted by Crippen LogP contribution is 2.36. The number of fused-ring (bicyclic) bond motifs is 1. The van der Waals surface area contributed by atoms with Gasteiger partial charge in [-0.05, 0) is 30.9 Å². The Morgan fingerprint density at radius 1 is 1.29 bits per heavy atom. The van der Waals surface area contributed by atoms with Crippen LogP contribution in [0, 0.1) is 0 Å². The maximum atomic E-state index is 15.0. The molecule has 0 radical (unpaired) electrons. The minimum atomic E-state index is -1.26. The van der Waals surface area contributed by atoms with E-state index in [1.54, 1.807) is 6.92 Å². The largest absolute Gasteiger partial charge is 0.379 e. The van der Waals surface area contributed by atoms with Gasteiger partial charge in [-0.1, -0.05) is 24.3 Å². The fourth-order valence-electron chi connectivity index (χ4n) is 3.38. The molecular weight excluding hydrogens is 269 g/mol. The van der Waals surface area contributed by atoms with Gasteiger partial charge in [0.15, 0.2) is 0 Å². The first-order chi connectivity index (χ1) is 10.1. The smallest absolute Gasteiger partial charge is 0.112 e. The van der Waals surface area contributed by atoms with E-state index in [4.69, 9.17) is 9.47 Å².